The van der Waals surface area contributed by atoms with Crippen molar-refractivity contribution < 1.29 is 13.2 Å². The van der Waals surface area contributed by atoms with Gasteiger partial charge in [0.15, 0.2) is 9.84 Å². The van der Waals surface area contributed by atoms with Crippen molar-refractivity contribution in [2.24, 2.45) is 0 Å². The third kappa shape index (κ3) is 3.73. The molecule has 0 amide bonds. The number of sulfone groups is 1. The third-order valence-electron chi connectivity index (χ3n) is 3.52. The zero-order valence-corrected chi connectivity index (χ0v) is 14.5. The molecule has 0 saturated carbocycles. The van der Waals surface area contributed by atoms with E-state index in [-0.39, 0.29) is 5.75 Å². The van der Waals surface area contributed by atoms with Gasteiger partial charge in [-0.15, -0.1) is 0 Å². The second kappa shape index (κ2) is 6.60. The predicted molar refractivity (Wildman–Crippen MR) is 92.8 cm³/mol. The number of ether oxygens (including phenoxy) is 1. The maximum atomic E-state index is 11.7. The summed E-state index contributed by atoms with van der Waals surface area (Å²) in [5, 5.41) is 0. The van der Waals surface area contributed by atoms with E-state index in [2.05, 4.69) is 9.97 Å². The van der Waals surface area contributed by atoms with Crippen molar-refractivity contribution >= 4 is 20.9 Å². The van der Waals surface area contributed by atoms with Crippen LogP contribution < -0.4 is 4.74 Å². The highest BCUT2D eigenvalue weighted by molar-refractivity contribution is 7.89. The lowest BCUT2D eigenvalue weighted by Crippen LogP contribution is -2.11. The second-order valence-corrected chi connectivity index (χ2v) is 7.71. The Morgan fingerprint density at radius 2 is 1.88 bits per heavy atom. The van der Waals surface area contributed by atoms with E-state index in [9.17, 15) is 8.42 Å². The Bertz CT molecular complexity index is 964. The molecular formula is C17H19N3O3S. The quantitative estimate of drug-likeness (QED) is 0.686. The predicted octanol–water partition coefficient (Wildman–Crippen LogP) is 2.42. The molecule has 0 aliphatic rings. The van der Waals surface area contributed by atoms with Crippen LogP contribution in [0.1, 0.15) is 18.4 Å². The molecule has 0 aliphatic carbocycles. The van der Waals surface area contributed by atoms with Crippen molar-refractivity contribution in [3.63, 3.8) is 0 Å². The lowest BCUT2D eigenvalue weighted by atomic mass is 10.3. The molecule has 126 valence electrons. The summed E-state index contributed by atoms with van der Waals surface area (Å²) in [6.45, 7) is 2.89. The highest BCUT2D eigenvalue weighted by atomic mass is 32.2. The molecule has 0 N–H and O–H groups in total. The zero-order valence-electron chi connectivity index (χ0n) is 13.6. The standard InChI is InChI=1S/C17H19N3O3S/c1-3-23-17-10-6-7-13(18-17)11-20-15-9-5-4-8-14(15)19-16(20)12-24(2,21)22/h4-10H,3,11-12H2,1-2H3. The molecule has 3 rings (SSSR count). The van der Waals surface area contributed by atoms with Crippen LogP contribution in [0.4, 0.5) is 0 Å². The summed E-state index contributed by atoms with van der Waals surface area (Å²) in [4.78, 5) is 8.94. The number of rotatable bonds is 6. The van der Waals surface area contributed by atoms with Crippen LogP contribution in [0.2, 0.25) is 0 Å². The number of aromatic nitrogens is 3. The first-order valence-electron chi connectivity index (χ1n) is 7.67. The Kier molecular flexibility index (Phi) is 4.53. The number of benzene rings is 1. The summed E-state index contributed by atoms with van der Waals surface area (Å²) in [7, 11) is -3.18. The van der Waals surface area contributed by atoms with Crippen molar-refractivity contribution in [3.8, 4) is 5.88 Å². The Morgan fingerprint density at radius 1 is 1.08 bits per heavy atom. The molecule has 3 aromatic rings. The van der Waals surface area contributed by atoms with E-state index in [1.54, 1.807) is 6.07 Å². The van der Waals surface area contributed by atoms with Crippen molar-refractivity contribution in [2.75, 3.05) is 12.9 Å². The van der Waals surface area contributed by atoms with Crippen LogP contribution in [-0.4, -0.2) is 35.8 Å². The van der Waals surface area contributed by atoms with Crippen LogP contribution in [0.3, 0.4) is 0 Å². The summed E-state index contributed by atoms with van der Waals surface area (Å²) >= 11 is 0. The van der Waals surface area contributed by atoms with Gasteiger partial charge >= 0.3 is 0 Å². The first kappa shape index (κ1) is 16.4. The van der Waals surface area contributed by atoms with Crippen molar-refractivity contribution in [2.45, 2.75) is 19.2 Å². The average Bonchev–Trinajstić information content (AvgIpc) is 2.84. The largest absolute Gasteiger partial charge is 0.478 e. The normalized spacial score (nSPS) is 11.8. The number of pyridine rings is 1. The number of nitrogens with zero attached hydrogens (tertiary/aromatic N) is 3. The van der Waals surface area contributed by atoms with Crippen LogP contribution in [0.25, 0.3) is 11.0 Å². The Labute approximate surface area is 141 Å². The molecule has 6 nitrogen and oxygen atoms in total. The van der Waals surface area contributed by atoms with E-state index in [4.69, 9.17) is 4.74 Å². The summed E-state index contributed by atoms with van der Waals surface area (Å²) in [5.41, 5.74) is 2.45. The molecule has 2 heterocycles. The van der Waals surface area contributed by atoms with Crippen LogP contribution in [0.5, 0.6) is 5.88 Å². The first-order valence-corrected chi connectivity index (χ1v) is 9.73. The van der Waals surface area contributed by atoms with Gasteiger partial charge in [-0.2, -0.15) is 0 Å². The molecule has 24 heavy (non-hydrogen) atoms. The highest BCUT2D eigenvalue weighted by Gasteiger charge is 2.16. The fraction of sp³-hybridized carbons (Fsp3) is 0.294. The van der Waals surface area contributed by atoms with Gasteiger partial charge in [-0.25, -0.2) is 18.4 Å². The number of fused-ring (bicyclic) bond motifs is 1. The van der Waals surface area contributed by atoms with E-state index in [1.165, 1.54) is 6.26 Å². The zero-order chi connectivity index (χ0) is 17.2. The molecule has 0 spiro atoms. The Morgan fingerprint density at radius 3 is 2.62 bits per heavy atom. The fourth-order valence-electron chi connectivity index (χ4n) is 2.58. The minimum Gasteiger partial charge on any atom is -0.478 e. The average molecular weight is 345 g/mol. The molecular weight excluding hydrogens is 326 g/mol. The number of hydrogen-bond donors (Lipinski definition) is 0. The summed E-state index contributed by atoms with van der Waals surface area (Å²) in [5.74, 6) is 0.971. The van der Waals surface area contributed by atoms with Crippen molar-refractivity contribution in [1.82, 2.24) is 14.5 Å². The summed E-state index contributed by atoms with van der Waals surface area (Å²) in [6, 6.07) is 13.2. The van der Waals surface area contributed by atoms with Gasteiger partial charge in [0.05, 0.1) is 29.9 Å². The van der Waals surface area contributed by atoms with Crippen molar-refractivity contribution in [3.05, 3.63) is 54.0 Å². The molecule has 0 fully saturated rings. The molecule has 0 saturated heterocycles. The van der Waals surface area contributed by atoms with Crippen LogP contribution >= 0.6 is 0 Å². The molecule has 1 aromatic carbocycles. The molecule has 0 radical (unpaired) electrons. The van der Waals surface area contributed by atoms with E-state index in [0.29, 0.717) is 24.9 Å². The summed E-state index contributed by atoms with van der Waals surface area (Å²) < 4.78 is 30.8. The number of imidazole rings is 1. The smallest absolute Gasteiger partial charge is 0.213 e. The van der Waals surface area contributed by atoms with Gasteiger partial charge in [-0.05, 0) is 25.1 Å². The fourth-order valence-corrected chi connectivity index (χ4v) is 3.27. The molecule has 0 aliphatic heterocycles. The molecule has 2 aromatic heterocycles. The van der Waals surface area contributed by atoms with E-state index < -0.39 is 9.84 Å². The molecule has 7 heteroatoms. The summed E-state index contributed by atoms with van der Waals surface area (Å²) in [6.07, 6.45) is 1.21. The minimum atomic E-state index is -3.18. The van der Waals surface area contributed by atoms with Gasteiger partial charge in [0, 0.05) is 12.3 Å². The van der Waals surface area contributed by atoms with Crippen LogP contribution in [-0.2, 0) is 22.1 Å². The monoisotopic (exact) mass is 345 g/mol. The lowest BCUT2D eigenvalue weighted by Gasteiger charge is -2.10. The van der Waals surface area contributed by atoms with Crippen LogP contribution in [0.15, 0.2) is 42.5 Å². The van der Waals surface area contributed by atoms with E-state index >= 15 is 0 Å². The van der Waals surface area contributed by atoms with Gasteiger partial charge in [0.1, 0.15) is 11.6 Å². The van der Waals surface area contributed by atoms with Gasteiger partial charge < -0.3 is 9.30 Å². The number of hydrogen-bond acceptors (Lipinski definition) is 5. The SMILES string of the molecule is CCOc1cccc(Cn2c(CS(C)(=O)=O)nc3ccccc32)n1. The number of para-hydroxylation sites is 2. The third-order valence-corrected chi connectivity index (χ3v) is 4.30. The van der Waals surface area contributed by atoms with Crippen molar-refractivity contribution in [1.29, 1.82) is 0 Å². The maximum Gasteiger partial charge on any atom is 0.213 e. The highest BCUT2D eigenvalue weighted by Crippen LogP contribution is 2.19. The van der Waals surface area contributed by atoms with Gasteiger partial charge in [0.25, 0.3) is 0 Å². The van der Waals surface area contributed by atoms with Gasteiger partial charge in [-0.1, -0.05) is 18.2 Å². The lowest BCUT2D eigenvalue weighted by molar-refractivity contribution is 0.325. The molecule has 0 bridgehead atoms. The topological polar surface area (TPSA) is 74.1 Å². The molecule has 0 atom stereocenters. The minimum absolute atomic E-state index is 0.104. The van der Waals surface area contributed by atoms with E-state index in [0.717, 1.165) is 16.7 Å². The van der Waals surface area contributed by atoms with E-state index in [1.807, 2.05) is 47.9 Å². The Hall–Kier alpha value is -2.41. The molecule has 0 unspecified atom stereocenters. The maximum absolute atomic E-state index is 11.7. The first-order chi connectivity index (χ1) is 11.5. The van der Waals surface area contributed by atoms with Gasteiger partial charge in [0.2, 0.25) is 5.88 Å². The second-order valence-electron chi connectivity index (χ2n) is 5.57. The van der Waals surface area contributed by atoms with Gasteiger partial charge in [-0.3, -0.25) is 0 Å². The Balaban J connectivity index is 2.04. The van der Waals surface area contributed by atoms with Crippen LogP contribution in [0, 0.1) is 0 Å².